The number of allylic oxidation sites excluding steroid dienone is 1. The molecule has 8 heteroatoms. The number of nitro groups is 1. The van der Waals surface area contributed by atoms with E-state index in [0.717, 1.165) is 4.68 Å². The van der Waals surface area contributed by atoms with E-state index in [4.69, 9.17) is 11.2 Å². The molecule has 1 aromatic carbocycles. The van der Waals surface area contributed by atoms with E-state index in [9.17, 15) is 20.2 Å². The van der Waals surface area contributed by atoms with Gasteiger partial charge >= 0.3 is 0 Å². The summed E-state index contributed by atoms with van der Waals surface area (Å²) in [6.07, 6.45) is 6.38. The highest BCUT2D eigenvalue weighted by molar-refractivity contribution is 6.03. The van der Waals surface area contributed by atoms with E-state index in [1.807, 2.05) is 0 Å². The maximum atomic E-state index is 12.6. The van der Waals surface area contributed by atoms with Crippen molar-refractivity contribution in [3.8, 4) is 24.2 Å². The van der Waals surface area contributed by atoms with Gasteiger partial charge in [-0.1, -0.05) is 5.92 Å². The largest absolute Gasteiger partial charge is 0.480 e. The Morgan fingerprint density at radius 2 is 2.19 bits per heavy atom. The number of aromatic nitrogens is 2. The predicted octanol–water partition coefficient (Wildman–Crippen LogP) is 2.67. The first kappa shape index (κ1) is 18.4. The second-order valence-electron chi connectivity index (χ2n) is 5.29. The van der Waals surface area contributed by atoms with Crippen LogP contribution in [0.1, 0.15) is 21.7 Å². The number of nitro benzene ring substituents is 1. The number of nitrogens with zero attached hydrogens (tertiary/aromatic N) is 4. The van der Waals surface area contributed by atoms with Crippen LogP contribution in [-0.4, -0.2) is 27.2 Å². The molecule has 0 bridgehead atoms. The van der Waals surface area contributed by atoms with Crippen molar-refractivity contribution in [2.75, 3.05) is 6.61 Å². The predicted molar refractivity (Wildman–Crippen MR) is 93.3 cm³/mol. The van der Waals surface area contributed by atoms with Gasteiger partial charge in [0.2, 0.25) is 0 Å². The van der Waals surface area contributed by atoms with Crippen LogP contribution in [0.25, 0.3) is 6.08 Å². The monoisotopic (exact) mass is 350 g/mol. The molecule has 0 spiro atoms. The molecule has 0 radical (unpaired) electrons. The van der Waals surface area contributed by atoms with Gasteiger partial charge in [-0.05, 0) is 32.1 Å². The number of hydrogen-bond donors (Lipinski definition) is 0. The summed E-state index contributed by atoms with van der Waals surface area (Å²) in [5.41, 5.74) is 0.932. The Morgan fingerprint density at radius 3 is 2.73 bits per heavy atom. The zero-order valence-corrected chi connectivity index (χ0v) is 14.1. The second kappa shape index (κ2) is 7.77. The number of carbonyl (C=O) groups is 1. The quantitative estimate of drug-likeness (QED) is 0.269. The van der Waals surface area contributed by atoms with Crippen molar-refractivity contribution >= 4 is 17.7 Å². The topological polar surface area (TPSA) is 111 Å². The molecule has 0 unspecified atom stereocenters. The van der Waals surface area contributed by atoms with Crippen molar-refractivity contribution in [2.45, 2.75) is 13.8 Å². The highest BCUT2D eigenvalue weighted by Crippen LogP contribution is 2.27. The van der Waals surface area contributed by atoms with E-state index < -0.39 is 10.8 Å². The number of hydrogen-bond acceptors (Lipinski definition) is 6. The van der Waals surface area contributed by atoms with E-state index in [1.165, 1.54) is 24.3 Å². The van der Waals surface area contributed by atoms with Crippen molar-refractivity contribution in [1.29, 1.82) is 5.26 Å². The SMILES string of the molecule is C#CCOc1ccc([N+](=O)[O-])cc1/C=C(\C#N)C(=O)n1nc(C)cc1C. The minimum atomic E-state index is -0.646. The van der Waals surface area contributed by atoms with Gasteiger partial charge in [-0.25, -0.2) is 4.68 Å². The van der Waals surface area contributed by atoms with Crippen molar-refractivity contribution in [3.05, 3.63) is 56.9 Å². The van der Waals surface area contributed by atoms with Crippen LogP contribution >= 0.6 is 0 Å². The summed E-state index contributed by atoms with van der Waals surface area (Å²) < 4.78 is 6.43. The van der Waals surface area contributed by atoms with Crippen LogP contribution in [-0.2, 0) is 0 Å². The molecule has 1 heterocycles. The van der Waals surface area contributed by atoms with Gasteiger partial charge in [0.15, 0.2) is 0 Å². The average molecular weight is 350 g/mol. The van der Waals surface area contributed by atoms with E-state index in [-0.39, 0.29) is 29.2 Å². The Bertz CT molecular complexity index is 990. The third-order valence-electron chi connectivity index (χ3n) is 3.37. The van der Waals surface area contributed by atoms with Gasteiger partial charge in [-0.3, -0.25) is 14.9 Å². The van der Waals surface area contributed by atoms with E-state index in [0.29, 0.717) is 11.4 Å². The van der Waals surface area contributed by atoms with E-state index in [2.05, 4.69) is 11.0 Å². The van der Waals surface area contributed by atoms with Crippen molar-refractivity contribution in [3.63, 3.8) is 0 Å². The molecular weight excluding hydrogens is 336 g/mol. The van der Waals surface area contributed by atoms with E-state index >= 15 is 0 Å². The Morgan fingerprint density at radius 1 is 1.46 bits per heavy atom. The van der Waals surface area contributed by atoms with Crippen LogP contribution in [0.3, 0.4) is 0 Å². The number of terminal acetylenes is 1. The van der Waals surface area contributed by atoms with Gasteiger partial charge in [0, 0.05) is 23.4 Å². The van der Waals surface area contributed by atoms with Gasteiger partial charge in [-0.15, -0.1) is 6.42 Å². The molecule has 0 saturated heterocycles. The second-order valence-corrected chi connectivity index (χ2v) is 5.29. The number of carbonyl (C=O) groups excluding carboxylic acids is 1. The Hall–Kier alpha value is -3.91. The molecule has 1 aromatic heterocycles. The molecule has 0 aliphatic heterocycles. The minimum absolute atomic E-state index is 0.0635. The summed E-state index contributed by atoms with van der Waals surface area (Å²) >= 11 is 0. The van der Waals surface area contributed by atoms with E-state index in [1.54, 1.807) is 26.0 Å². The minimum Gasteiger partial charge on any atom is -0.480 e. The highest BCUT2D eigenvalue weighted by atomic mass is 16.6. The van der Waals surface area contributed by atoms with Crippen molar-refractivity contribution in [1.82, 2.24) is 9.78 Å². The lowest BCUT2D eigenvalue weighted by Crippen LogP contribution is -2.15. The number of nitriles is 1. The summed E-state index contributed by atoms with van der Waals surface area (Å²) in [6, 6.07) is 7.32. The molecule has 0 N–H and O–H groups in total. The first-order valence-corrected chi connectivity index (χ1v) is 7.42. The summed E-state index contributed by atoms with van der Waals surface area (Å²) in [7, 11) is 0. The van der Waals surface area contributed by atoms with Crippen LogP contribution in [0.2, 0.25) is 0 Å². The van der Waals surface area contributed by atoms with Crippen LogP contribution in [0.15, 0.2) is 29.8 Å². The molecule has 2 aromatic rings. The summed E-state index contributed by atoms with van der Waals surface area (Å²) in [4.78, 5) is 23.0. The van der Waals surface area contributed by atoms with Crippen molar-refractivity contribution in [2.24, 2.45) is 0 Å². The summed E-state index contributed by atoms with van der Waals surface area (Å²) in [5, 5.41) is 24.4. The van der Waals surface area contributed by atoms with Gasteiger partial charge in [-0.2, -0.15) is 10.4 Å². The molecule has 8 nitrogen and oxygen atoms in total. The molecule has 0 saturated carbocycles. The Labute approximate surface area is 149 Å². The number of benzene rings is 1. The number of ether oxygens (including phenoxy) is 1. The van der Waals surface area contributed by atoms with Crippen LogP contribution in [0.4, 0.5) is 5.69 Å². The first-order valence-electron chi connectivity index (χ1n) is 7.42. The molecular formula is C18H14N4O4. The third kappa shape index (κ3) is 3.94. The Balaban J connectivity index is 2.53. The molecule has 0 amide bonds. The number of non-ortho nitro benzene ring substituents is 1. The fourth-order valence-electron chi connectivity index (χ4n) is 2.26. The lowest BCUT2D eigenvalue weighted by atomic mass is 10.1. The zero-order chi connectivity index (χ0) is 19.3. The standard InChI is InChI=1S/C18H14N4O4/c1-4-7-26-17-6-5-16(22(24)25)10-14(17)9-15(11-19)18(23)21-13(3)8-12(2)20-21/h1,5-6,8-10H,7H2,2-3H3/b15-9+. The molecule has 0 aliphatic rings. The van der Waals surface area contributed by atoms with Gasteiger partial charge in [0.05, 0.1) is 10.6 Å². The molecule has 26 heavy (non-hydrogen) atoms. The third-order valence-corrected chi connectivity index (χ3v) is 3.37. The van der Waals surface area contributed by atoms with Crippen molar-refractivity contribution < 1.29 is 14.5 Å². The number of rotatable bonds is 5. The molecule has 0 aliphatic carbocycles. The molecule has 2 rings (SSSR count). The maximum Gasteiger partial charge on any atom is 0.289 e. The maximum absolute atomic E-state index is 12.6. The molecule has 0 atom stereocenters. The average Bonchev–Trinajstić information content (AvgIpc) is 2.95. The molecule has 130 valence electrons. The lowest BCUT2D eigenvalue weighted by molar-refractivity contribution is -0.384. The first-order chi connectivity index (χ1) is 12.4. The fourth-order valence-corrected chi connectivity index (χ4v) is 2.26. The Kier molecular flexibility index (Phi) is 5.51. The fraction of sp³-hybridized carbons (Fsp3) is 0.167. The van der Waals surface area contributed by atoms with Gasteiger partial charge in [0.1, 0.15) is 24.0 Å². The highest BCUT2D eigenvalue weighted by Gasteiger charge is 2.18. The van der Waals surface area contributed by atoms with Gasteiger partial charge in [0.25, 0.3) is 11.6 Å². The molecule has 0 fully saturated rings. The summed E-state index contributed by atoms with van der Waals surface area (Å²) in [6.45, 7) is 3.34. The lowest BCUT2D eigenvalue weighted by Gasteiger charge is -2.07. The smallest absolute Gasteiger partial charge is 0.289 e. The van der Waals surface area contributed by atoms with Crippen LogP contribution in [0.5, 0.6) is 5.75 Å². The summed E-state index contributed by atoms with van der Waals surface area (Å²) in [5.74, 6) is 1.86. The van der Waals surface area contributed by atoms with Crippen LogP contribution < -0.4 is 4.74 Å². The zero-order valence-electron chi connectivity index (χ0n) is 14.1. The van der Waals surface area contributed by atoms with Gasteiger partial charge < -0.3 is 4.74 Å². The van der Waals surface area contributed by atoms with Crippen LogP contribution in [0, 0.1) is 47.6 Å². The normalized spacial score (nSPS) is 10.7. The number of aryl methyl sites for hydroxylation is 2.